The lowest BCUT2D eigenvalue weighted by Gasteiger charge is -2.23. The Hall–Kier alpha value is -2.40. The van der Waals surface area contributed by atoms with Crippen LogP contribution in [0.4, 0.5) is 0 Å². The van der Waals surface area contributed by atoms with Crippen molar-refractivity contribution in [2.24, 2.45) is 0 Å². The van der Waals surface area contributed by atoms with Crippen LogP contribution in [0.5, 0.6) is 5.75 Å². The summed E-state index contributed by atoms with van der Waals surface area (Å²) in [7, 11) is 0. The van der Waals surface area contributed by atoms with Crippen molar-refractivity contribution in [3.8, 4) is 5.75 Å². The predicted octanol–water partition coefficient (Wildman–Crippen LogP) is 2.45. The first-order valence-corrected chi connectivity index (χ1v) is 8.37. The fourth-order valence-electron chi connectivity index (χ4n) is 2.75. The number of benzene rings is 1. The van der Waals surface area contributed by atoms with Gasteiger partial charge < -0.3 is 15.4 Å². The van der Waals surface area contributed by atoms with E-state index in [0.717, 1.165) is 42.9 Å². The molecule has 0 radical (unpaired) electrons. The molecule has 126 valence electrons. The summed E-state index contributed by atoms with van der Waals surface area (Å²) in [5.41, 5.74) is 2.59. The van der Waals surface area contributed by atoms with Gasteiger partial charge in [-0.2, -0.15) is 0 Å². The van der Waals surface area contributed by atoms with Gasteiger partial charge in [0.25, 0.3) is 5.91 Å². The maximum Gasteiger partial charge on any atom is 0.251 e. The molecule has 2 N–H and O–H groups in total. The van der Waals surface area contributed by atoms with Crippen LogP contribution in [0.25, 0.3) is 0 Å². The Morgan fingerprint density at radius 3 is 3.04 bits per heavy atom. The maximum atomic E-state index is 12.4. The average Bonchev–Trinajstić information content (AvgIpc) is 2.62. The Morgan fingerprint density at radius 2 is 2.29 bits per heavy atom. The normalized spacial score (nSPS) is 17.3. The highest BCUT2D eigenvalue weighted by molar-refractivity contribution is 5.94. The van der Waals surface area contributed by atoms with Gasteiger partial charge in [0.15, 0.2) is 0 Å². The summed E-state index contributed by atoms with van der Waals surface area (Å²) in [5, 5.41) is 6.39. The number of hydrogen-bond donors (Lipinski definition) is 2. The van der Waals surface area contributed by atoms with E-state index in [4.69, 9.17) is 4.74 Å². The van der Waals surface area contributed by atoms with Crippen LogP contribution >= 0.6 is 0 Å². The van der Waals surface area contributed by atoms with Gasteiger partial charge in [-0.15, -0.1) is 0 Å². The highest BCUT2D eigenvalue weighted by atomic mass is 16.5. The summed E-state index contributed by atoms with van der Waals surface area (Å²) in [6.07, 6.45) is 3.84. The molecule has 0 spiro atoms. The number of aryl methyl sites for hydroxylation is 1. The van der Waals surface area contributed by atoms with E-state index in [0.29, 0.717) is 12.2 Å². The summed E-state index contributed by atoms with van der Waals surface area (Å²) in [5.74, 6) is 0.700. The largest absolute Gasteiger partial charge is 0.487 e. The number of amides is 1. The van der Waals surface area contributed by atoms with Crippen LogP contribution in [0.15, 0.2) is 42.6 Å². The van der Waals surface area contributed by atoms with E-state index in [9.17, 15) is 4.79 Å². The molecule has 3 rings (SSSR count). The van der Waals surface area contributed by atoms with Crippen molar-refractivity contribution in [1.82, 2.24) is 15.6 Å². The van der Waals surface area contributed by atoms with Crippen LogP contribution in [0.1, 0.15) is 34.5 Å². The quantitative estimate of drug-likeness (QED) is 0.886. The number of aromatic nitrogens is 1. The maximum absolute atomic E-state index is 12.4. The third-order valence-electron chi connectivity index (χ3n) is 4.11. The van der Waals surface area contributed by atoms with E-state index in [-0.39, 0.29) is 11.9 Å². The first-order chi connectivity index (χ1) is 11.7. The van der Waals surface area contributed by atoms with Crippen LogP contribution in [0.2, 0.25) is 0 Å². The number of carbonyl (C=O) groups excluding carboxylic acids is 1. The molecule has 1 aliphatic rings. The molecule has 1 aromatic carbocycles. The highest BCUT2D eigenvalue weighted by Gasteiger charge is 2.16. The second-order valence-corrected chi connectivity index (χ2v) is 6.14. The lowest BCUT2D eigenvalue weighted by Crippen LogP contribution is -2.45. The van der Waals surface area contributed by atoms with E-state index >= 15 is 0 Å². The summed E-state index contributed by atoms with van der Waals surface area (Å²) in [6, 6.07) is 11.6. The van der Waals surface area contributed by atoms with E-state index in [1.54, 1.807) is 6.20 Å². The zero-order valence-corrected chi connectivity index (χ0v) is 13.9. The monoisotopic (exact) mass is 325 g/mol. The minimum atomic E-state index is -0.0254. The molecule has 1 fully saturated rings. The standard InChI is InChI=1S/C19H23N3O2/c1-14-7-8-18(12-21-14)24-13-15-4-2-5-16(10-15)19(23)22-17-6-3-9-20-11-17/h2,4-5,7-8,10,12,17,20H,3,6,9,11,13H2,1H3,(H,22,23)/t17-/m0/s1. The predicted molar refractivity (Wildman–Crippen MR) is 93.1 cm³/mol. The van der Waals surface area contributed by atoms with Gasteiger partial charge in [0.05, 0.1) is 6.20 Å². The number of rotatable bonds is 5. The van der Waals surface area contributed by atoms with E-state index < -0.39 is 0 Å². The molecule has 2 aromatic rings. The molecule has 1 atom stereocenters. The van der Waals surface area contributed by atoms with Crippen molar-refractivity contribution >= 4 is 5.91 Å². The van der Waals surface area contributed by atoms with Crippen molar-refractivity contribution < 1.29 is 9.53 Å². The zero-order valence-electron chi connectivity index (χ0n) is 13.9. The molecule has 5 heteroatoms. The third kappa shape index (κ3) is 4.55. The molecule has 5 nitrogen and oxygen atoms in total. The number of hydrogen-bond acceptors (Lipinski definition) is 4. The van der Waals surface area contributed by atoms with E-state index in [1.165, 1.54) is 0 Å². The Bertz CT molecular complexity index is 679. The van der Waals surface area contributed by atoms with Crippen molar-refractivity contribution in [3.05, 3.63) is 59.4 Å². The van der Waals surface area contributed by atoms with Gasteiger partial charge in [0.1, 0.15) is 12.4 Å². The Labute approximate surface area is 142 Å². The highest BCUT2D eigenvalue weighted by Crippen LogP contribution is 2.13. The molecule has 0 saturated carbocycles. The molecule has 0 aliphatic carbocycles. The average molecular weight is 325 g/mol. The number of carbonyl (C=O) groups is 1. The van der Waals surface area contributed by atoms with Gasteiger partial charge in [0.2, 0.25) is 0 Å². The van der Waals surface area contributed by atoms with E-state index in [1.807, 2.05) is 43.3 Å². The fraction of sp³-hybridized carbons (Fsp3) is 0.368. The van der Waals surface area contributed by atoms with Gasteiger partial charge in [-0.3, -0.25) is 9.78 Å². The van der Waals surface area contributed by atoms with Crippen molar-refractivity contribution in [3.63, 3.8) is 0 Å². The van der Waals surface area contributed by atoms with Crippen LogP contribution in [0.3, 0.4) is 0 Å². The van der Waals surface area contributed by atoms with Gasteiger partial charge in [-0.25, -0.2) is 0 Å². The second kappa shape index (κ2) is 7.93. The number of nitrogens with one attached hydrogen (secondary N) is 2. The minimum Gasteiger partial charge on any atom is -0.487 e. The van der Waals surface area contributed by atoms with Crippen molar-refractivity contribution in [2.45, 2.75) is 32.4 Å². The first kappa shape index (κ1) is 16.5. The molecule has 24 heavy (non-hydrogen) atoms. The topological polar surface area (TPSA) is 63.2 Å². The Kier molecular flexibility index (Phi) is 5.43. The molecular weight excluding hydrogens is 302 g/mol. The smallest absolute Gasteiger partial charge is 0.251 e. The number of piperidine rings is 1. The van der Waals surface area contributed by atoms with Crippen LogP contribution in [-0.2, 0) is 6.61 Å². The summed E-state index contributed by atoms with van der Waals surface area (Å²) >= 11 is 0. The summed E-state index contributed by atoms with van der Waals surface area (Å²) in [4.78, 5) is 16.6. The fourth-order valence-corrected chi connectivity index (χ4v) is 2.75. The lowest BCUT2D eigenvalue weighted by molar-refractivity contribution is 0.0930. The molecule has 0 unspecified atom stereocenters. The summed E-state index contributed by atoms with van der Waals surface area (Å²) in [6.45, 7) is 4.23. The van der Waals surface area contributed by atoms with Crippen LogP contribution in [-0.4, -0.2) is 30.0 Å². The van der Waals surface area contributed by atoms with Gasteiger partial charge in [-0.05, 0) is 56.1 Å². The molecule has 0 bridgehead atoms. The molecule has 1 aromatic heterocycles. The molecule has 2 heterocycles. The van der Waals surface area contributed by atoms with Gasteiger partial charge in [0, 0.05) is 23.8 Å². The van der Waals surface area contributed by atoms with Gasteiger partial charge >= 0.3 is 0 Å². The lowest BCUT2D eigenvalue weighted by atomic mass is 10.1. The second-order valence-electron chi connectivity index (χ2n) is 6.14. The SMILES string of the molecule is Cc1ccc(OCc2cccc(C(=O)N[C@H]3CCCNC3)c2)cn1. The molecular formula is C19H23N3O2. The number of nitrogens with zero attached hydrogens (tertiary/aromatic N) is 1. The summed E-state index contributed by atoms with van der Waals surface area (Å²) < 4.78 is 5.73. The van der Waals surface area contributed by atoms with Crippen molar-refractivity contribution in [1.29, 1.82) is 0 Å². The Morgan fingerprint density at radius 1 is 1.38 bits per heavy atom. The van der Waals surface area contributed by atoms with Crippen LogP contribution < -0.4 is 15.4 Å². The van der Waals surface area contributed by atoms with Crippen LogP contribution in [0, 0.1) is 6.92 Å². The van der Waals surface area contributed by atoms with E-state index in [2.05, 4.69) is 15.6 Å². The molecule has 1 aliphatic heterocycles. The molecule has 1 amide bonds. The first-order valence-electron chi connectivity index (χ1n) is 8.37. The number of pyridine rings is 1. The zero-order chi connectivity index (χ0) is 16.8. The van der Waals surface area contributed by atoms with Crippen molar-refractivity contribution in [2.75, 3.05) is 13.1 Å². The number of ether oxygens (including phenoxy) is 1. The molecule has 1 saturated heterocycles. The van der Waals surface area contributed by atoms with Gasteiger partial charge in [-0.1, -0.05) is 12.1 Å². The minimum absolute atomic E-state index is 0.0254. The Balaban J connectivity index is 1.58. The third-order valence-corrected chi connectivity index (χ3v) is 4.11.